The van der Waals surface area contributed by atoms with E-state index in [1.165, 1.54) is 29.4 Å². The summed E-state index contributed by atoms with van der Waals surface area (Å²) in [5, 5.41) is 1.99. The number of aromatic nitrogens is 4. The van der Waals surface area contributed by atoms with Gasteiger partial charge in [-0.25, -0.2) is 19.6 Å². The monoisotopic (exact) mass is 486 g/mol. The molecule has 0 bridgehead atoms. The molecule has 0 N–H and O–H groups in total. The summed E-state index contributed by atoms with van der Waals surface area (Å²) in [7, 11) is 3.01. The van der Waals surface area contributed by atoms with Crippen molar-refractivity contribution in [2.24, 2.45) is 14.1 Å². The molecular formula is C23H23ClN4O4S. The smallest absolute Gasteiger partial charge is 0.336 e. The van der Waals surface area contributed by atoms with E-state index in [1.54, 1.807) is 19.2 Å². The molecule has 10 heteroatoms. The zero-order chi connectivity index (χ0) is 24.2. The van der Waals surface area contributed by atoms with Gasteiger partial charge in [-0.15, -0.1) is 11.8 Å². The topological polar surface area (TPSA) is 100.0 Å². The van der Waals surface area contributed by atoms with Gasteiger partial charge in [-0.3, -0.25) is 13.9 Å². The molecule has 0 amide bonds. The Labute approximate surface area is 198 Å². The molecule has 0 aliphatic carbocycles. The SMILES string of the molecule is Cc1cc2oc(=O)cc(CSc3nc(C(C)(C)C)nc4c3c(=O)n(C)c(=O)n4C)c2cc1Cl. The standard InChI is InChI=1S/C23H23ClN4O4S/c1-11-7-15-13(9-14(11)24)12(8-16(29)32-15)10-33-19-17-18(25-21(26-19)23(2,3)4)27(5)22(31)28(6)20(17)30/h7-9H,10H2,1-6H3. The Morgan fingerprint density at radius 3 is 2.42 bits per heavy atom. The summed E-state index contributed by atoms with van der Waals surface area (Å²) in [5.74, 6) is 0.847. The number of aryl methyl sites for hydroxylation is 2. The van der Waals surface area contributed by atoms with E-state index in [4.69, 9.17) is 16.0 Å². The second-order valence-corrected chi connectivity index (χ2v) is 10.4. The zero-order valence-corrected chi connectivity index (χ0v) is 20.7. The van der Waals surface area contributed by atoms with E-state index >= 15 is 0 Å². The molecule has 4 aromatic rings. The Balaban J connectivity index is 1.93. The summed E-state index contributed by atoms with van der Waals surface area (Å²) in [6, 6.07) is 4.92. The molecule has 0 spiro atoms. The minimum atomic E-state index is -0.471. The zero-order valence-electron chi connectivity index (χ0n) is 19.1. The van der Waals surface area contributed by atoms with Crippen LogP contribution in [-0.4, -0.2) is 19.1 Å². The molecule has 0 radical (unpaired) electrons. The minimum absolute atomic E-state index is 0.263. The Kier molecular flexibility index (Phi) is 5.74. The number of fused-ring (bicyclic) bond motifs is 2. The lowest BCUT2D eigenvalue weighted by atomic mass is 9.96. The first-order valence-electron chi connectivity index (χ1n) is 10.2. The first kappa shape index (κ1) is 23.3. The van der Waals surface area contributed by atoms with Crippen molar-refractivity contribution in [1.82, 2.24) is 19.1 Å². The van der Waals surface area contributed by atoms with Gasteiger partial charge < -0.3 is 4.42 Å². The predicted molar refractivity (Wildman–Crippen MR) is 131 cm³/mol. The van der Waals surface area contributed by atoms with Crippen LogP contribution in [0.3, 0.4) is 0 Å². The van der Waals surface area contributed by atoms with Gasteiger partial charge in [0.05, 0.1) is 0 Å². The van der Waals surface area contributed by atoms with Crippen molar-refractivity contribution >= 4 is 45.4 Å². The quantitative estimate of drug-likeness (QED) is 0.247. The van der Waals surface area contributed by atoms with Crippen molar-refractivity contribution in [3.63, 3.8) is 0 Å². The van der Waals surface area contributed by atoms with Crippen molar-refractivity contribution in [3.05, 3.63) is 71.4 Å². The van der Waals surface area contributed by atoms with Crippen molar-refractivity contribution in [2.75, 3.05) is 0 Å². The lowest BCUT2D eigenvalue weighted by Gasteiger charge is -2.19. The fourth-order valence-corrected chi connectivity index (χ4v) is 4.65. The largest absolute Gasteiger partial charge is 0.423 e. The van der Waals surface area contributed by atoms with Gasteiger partial charge in [0.1, 0.15) is 21.8 Å². The van der Waals surface area contributed by atoms with E-state index < -0.39 is 22.3 Å². The van der Waals surface area contributed by atoms with E-state index in [1.807, 2.05) is 27.7 Å². The highest BCUT2D eigenvalue weighted by Gasteiger charge is 2.24. The van der Waals surface area contributed by atoms with E-state index in [0.717, 1.165) is 10.1 Å². The van der Waals surface area contributed by atoms with Gasteiger partial charge in [-0.1, -0.05) is 32.4 Å². The molecule has 0 unspecified atom stereocenters. The van der Waals surface area contributed by atoms with Crippen LogP contribution < -0.4 is 16.9 Å². The Bertz CT molecular complexity index is 1610. The Morgan fingerprint density at radius 1 is 1.06 bits per heavy atom. The van der Waals surface area contributed by atoms with Crippen LogP contribution in [0.4, 0.5) is 0 Å². The molecule has 0 aliphatic rings. The van der Waals surface area contributed by atoms with Gasteiger partial charge in [0.15, 0.2) is 5.65 Å². The third-order valence-corrected chi connectivity index (χ3v) is 6.84. The van der Waals surface area contributed by atoms with Crippen LogP contribution in [-0.2, 0) is 25.3 Å². The molecule has 4 rings (SSSR count). The van der Waals surface area contributed by atoms with Crippen molar-refractivity contribution < 1.29 is 4.42 Å². The average molecular weight is 487 g/mol. The summed E-state index contributed by atoms with van der Waals surface area (Å²) in [6.07, 6.45) is 0. The highest BCUT2D eigenvalue weighted by molar-refractivity contribution is 7.98. The van der Waals surface area contributed by atoms with E-state index in [-0.39, 0.29) is 11.0 Å². The van der Waals surface area contributed by atoms with E-state index in [9.17, 15) is 14.4 Å². The van der Waals surface area contributed by atoms with Crippen LogP contribution in [0.25, 0.3) is 22.0 Å². The number of rotatable bonds is 3. The third kappa shape index (κ3) is 4.11. The summed E-state index contributed by atoms with van der Waals surface area (Å²) in [6.45, 7) is 7.72. The first-order valence-corrected chi connectivity index (χ1v) is 11.6. The summed E-state index contributed by atoms with van der Waals surface area (Å²) >= 11 is 7.61. The van der Waals surface area contributed by atoms with Gasteiger partial charge in [0.25, 0.3) is 5.56 Å². The van der Waals surface area contributed by atoms with Crippen LogP contribution in [0.1, 0.15) is 37.7 Å². The van der Waals surface area contributed by atoms with Gasteiger partial charge >= 0.3 is 11.3 Å². The minimum Gasteiger partial charge on any atom is -0.423 e. The summed E-state index contributed by atoms with van der Waals surface area (Å²) in [4.78, 5) is 46.9. The van der Waals surface area contributed by atoms with Crippen molar-refractivity contribution in [3.8, 4) is 0 Å². The Hall–Kier alpha value is -2.91. The second-order valence-electron chi connectivity index (χ2n) is 8.98. The maximum absolute atomic E-state index is 13.0. The lowest BCUT2D eigenvalue weighted by Crippen LogP contribution is -2.38. The molecule has 3 aromatic heterocycles. The highest BCUT2D eigenvalue weighted by Crippen LogP contribution is 2.32. The molecule has 0 atom stereocenters. The fraction of sp³-hybridized carbons (Fsp3) is 0.348. The number of hydrogen-bond acceptors (Lipinski definition) is 7. The Morgan fingerprint density at radius 2 is 1.76 bits per heavy atom. The van der Waals surface area contributed by atoms with Crippen LogP contribution in [0.2, 0.25) is 5.02 Å². The first-order chi connectivity index (χ1) is 15.4. The molecule has 1 aromatic carbocycles. The van der Waals surface area contributed by atoms with Crippen LogP contribution in [0.15, 0.2) is 42.0 Å². The maximum Gasteiger partial charge on any atom is 0.336 e. The van der Waals surface area contributed by atoms with Crippen molar-refractivity contribution in [1.29, 1.82) is 0 Å². The van der Waals surface area contributed by atoms with Crippen LogP contribution >= 0.6 is 23.4 Å². The molecule has 172 valence electrons. The number of benzene rings is 1. The van der Waals surface area contributed by atoms with Crippen LogP contribution in [0.5, 0.6) is 0 Å². The molecule has 0 fully saturated rings. The van der Waals surface area contributed by atoms with Gasteiger partial charge in [0, 0.05) is 41.7 Å². The molecule has 33 heavy (non-hydrogen) atoms. The number of thioether (sulfide) groups is 1. The molecule has 3 heterocycles. The predicted octanol–water partition coefficient (Wildman–Crippen LogP) is 3.69. The van der Waals surface area contributed by atoms with Crippen LogP contribution in [0, 0.1) is 6.92 Å². The second kappa shape index (κ2) is 8.14. The average Bonchev–Trinajstić information content (AvgIpc) is 2.74. The number of hydrogen-bond donors (Lipinski definition) is 0. The summed E-state index contributed by atoms with van der Waals surface area (Å²) in [5.41, 5.74) is 0.429. The van der Waals surface area contributed by atoms with Gasteiger partial charge in [-0.2, -0.15) is 0 Å². The molecule has 8 nitrogen and oxygen atoms in total. The molecular weight excluding hydrogens is 464 g/mol. The number of halogens is 1. The van der Waals surface area contributed by atoms with E-state index in [0.29, 0.717) is 38.2 Å². The van der Waals surface area contributed by atoms with Gasteiger partial charge in [0.2, 0.25) is 0 Å². The van der Waals surface area contributed by atoms with Crippen molar-refractivity contribution in [2.45, 2.75) is 43.9 Å². The molecule has 0 aliphatic heterocycles. The molecule has 0 saturated carbocycles. The highest BCUT2D eigenvalue weighted by atomic mass is 35.5. The normalized spacial score (nSPS) is 12.1. The third-order valence-electron chi connectivity index (χ3n) is 5.41. The van der Waals surface area contributed by atoms with Gasteiger partial charge in [-0.05, 0) is 30.2 Å². The fourth-order valence-electron chi connectivity index (χ4n) is 3.48. The lowest BCUT2D eigenvalue weighted by molar-refractivity contribution is 0.539. The number of nitrogens with zero attached hydrogens (tertiary/aromatic N) is 4. The maximum atomic E-state index is 13.0. The van der Waals surface area contributed by atoms with E-state index in [2.05, 4.69) is 9.97 Å². The molecule has 0 saturated heterocycles. The summed E-state index contributed by atoms with van der Waals surface area (Å²) < 4.78 is 7.74.